The number of aliphatic hydroxyl groups is 1. The zero-order chi connectivity index (χ0) is 24.1. The molecule has 34 heavy (non-hydrogen) atoms. The molecule has 2 aromatic heterocycles. The van der Waals surface area contributed by atoms with Crippen LogP contribution >= 0.6 is 0 Å². The first-order chi connectivity index (χ1) is 16.5. The number of benzene rings is 2. The van der Waals surface area contributed by atoms with Gasteiger partial charge in [-0.25, -0.2) is 4.98 Å². The van der Waals surface area contributed by atoms with Crippen LogP contribution in [0, 0.1) is 0 Å². The predicted octanol–water partition coefficient (Wildman–Crippen LogP) is 5.51. The lowest BCUT2D eigenvalue weighted by atomic mass is 10.0. The number of aliphatic hydroxyl groups excluding tert-OH is 1. The Labute approximate surface area is 200 Å². The molecule has 0 aliphatic heterocycles. The highest BCUT2D eigenvalue weighted by molar-refractivity contribution is 5.84. The maximum absolute atomic E-state index is 9.60. The lowest BCUT2D eigenvalue weighted by molar-refractivity contribution is 0.271. The molecule has 4 rings (SSSR count). The quantitative estimate of drug-likeness (QED) is 0.292. The summed E-state index contributed by atoms with van der Waals surface area (Å²) in [5.74, 6) is 1.15. The molecule has 7 nitrogen and oxygen atoms in total. The minimum Gasteiger partial charge on any atom is -0.394 e. The topological polar surface area (TPSA) is 87.9 Å². The summed E-state index contributed by atoms with van der Waals surface area (Å²) >= 11 is 0. The fourth-order valence-electron chi connectivity index (χ4n) is 3.75. The third kappa shape index (κ3) is 5.10. The van der Waals surface area contributed by atoms with E-state index in [0.717, 1.165) is 28.7 Å². The van der Waals surface area contributed by atoms with Crippen LogP contribution in [0.5, 0.6) is 0 Å². The van der Waals surface area contributed by atoms with Crippen molar-refractivity contribution < 1.29 is 5.11 Å². The Hall–Kier alpha value is -3.71. The highest BCUT2D eigenvalue weighted by Gasteiger charge is 2.16. The van der Waals surface area contributed by atoms with Gasteiger partial charge < -0.3 is 20.3 Å². The Morgan fingerprint density at radius 3 is 2.29 bits per heavy atom. The third-order valence-corrected chi connectivity index (χ3v) is 5.92. The number of hydrogen-bond donors (Lipinski definition) is 3. The summed E-state index contributed by atoms with van der Waals surface area (Å²) in [6, 6.07) is 17.0. The van der Waals surface area contributed by atoms with E-state index in [0.29, 0.717) is 18.3 Å². The van der Waals surface area contributed by atoms with Crippen molar-refractivity contribution in [1.82, 2.24) is 19.5 Å². The molecule has 7 heteroatoms. The summed E-state index contributed by atoms with van der Waals surface area (Å²) in [6.07, 6.45) is 4.42. The van der Waals surface area contributed by atoms with Crippen molar-refractivity contribution in [2.75, 3.05) is 17.2 Å². The van der Waals surface area contributed by atoms with Crippen LogP contribution < -0.4 is 10.6 Å². The number of nitrogens with zero attached hydrogens (tertiary/aromatic N) is 4. The van der Waals surface area contributed by atoms with Gasteiger partial charge in [-0.05, 0) is 42.5 Å². The summed E-state index contributed by atoms with van der Waals surface area (Å²) < 4.78 is 2.03. The molecular weight excluding hydrogens is 424 g/mol. The number of hydrogen-bond acceptors (Lipinski definition) is 6. The second kappa shape index (κ2) is 10.5. The van der Waals surface area contributed by atoms with Crippen molar-refractivity contribution in [3.8, 4) is 11.1 Å². The minimum atomic E-state index is -0.103. The summed E-state index contributed by atoms with van der Waals surface area (Å²) in [4.78, 5) is 13.9. The summed E-state index contributed by atoms with van der Waals surface area (Å²) in [7, 11) is 0. The molecule has 4 aromatic rings. The molecule has 2 aromatic carbocycles. The van der Waals surface area contributed by atoms with Crippen LogP contribution in [0.25, 0.3) is 28.4 Å². The molecule has 3 N–H and O–H groups in total. The average Bonchev–Trinajstić information content (AvgIpc) is 3.31. The monoisotopic (exact) mass is 456 g/mol. The molecule has 0 fully saturated rings. The van der Waals surface area contributed by atoms with Crippen molar-refractivity contribution in [2.24, 2.45) is 0 Å². The average molecular weight is 457 g/mol. The van der Waals surface area contributed by atoms with Crippen molar-refractivity contribution in [1.29, 1.82) is 0 Å². The van der Waals surface area contributed by atoms with E-state index < -0.39 is 0 Å². The molecule has 2 heterocycles. The first-order valence-corrected chi connectivity index (χ1v) is 11.7. The van der Waals surface area contributed by atoms with Crippen LogP contribution in [0.15, 0.2) is 61.4 Å². The van der Waals surface area contributed by atoms with Gasteiger partial charge in [0.25, 0.3) is 0 Å². The van der Waals surface area contributed by atoms with Crippen LogP contribution in [0.2, 0.25) is 0 Å². The molecule has 0 bridgehead atoms. The molecule has 0 amide bonds. The second-order valence-corrected chi connectivity index (χ2v) is 8.62. The van der Waals surface area contributed by atoms with Gasteiger partial charge in [0.2, 0.25) is 5.95 Å². The summed E-state index contributed by atoms with van der Waals surface area (Å²) in [5, 5.41) is 16.3. The molecular formula is C27H32N6O. The number of rotatable bonds is 10. The van der Waals surface area contributed by atoms with Crippen LogP contribution in [0.3, 0.4) is 0 Å². The van der Waals surface area contributed by atoms with Gasteiger partial charge in [0.05, 0.1) is 19.0 Å². The number of nitrogens with one attached hydrogen (secondary N) is 2. The molecule has 0 saturated heterocycles. The fraction of sp³-hybridized carbons (Fsp3) is 0.296. The zero-order valence-electron chi connectivity index (χ0n) is 20.0. The van der Waals surface area contributed by atoms with E-state index in [-0.39, 0.29) is 18.7 Å². The normalized spacial score (nSPS) is 12.1. The zero-order valence-corrected chi connectivity index (χ0v) is 20.0. The van der Waals surface area contributed by atoms with Gasteiger partial charge in [-0.3, -0.25) is 0 Å². The van der Waals surface area contributed by atoms with Crippen molar-refractivity contribution in [3.05, 3.63) is 72.6 Å². The fourth-order valence-corrected chi connectivity index (χ4v) is 3.75. The van der Waals surface area contributed by atoms with E-state index in [9.17, 15) is 5.11 Å². The minimum absolute atomic E-state index is 0.0206. The van der Waals surface area contributed by atoms with Crippen LogP contribution in [-0.2, 0) is 6.54 Å². The lowest BCUT2D eigenvalue weighted by Gasteiger charge is -2.16. The number of fused-ring (bicyclic) bond motifs is 1. The molecule has 0 radical (unpaired) electrons. The predicted molar refractivity (Wildman–Crippen MR) is 140 cm³/mol. The van der Waals surface area contributed by atoms with Gasteiger partial charge in [-0.1, -0.05) is 68.1 Å². The number of imidazole rings is 1. The standard InChI is InChI=1S/C27H32N6O/c1-5-19-7-11-21(12-8-19)22-13-9-20(10-14-22)15-28-25-24-26(33(17-29-24)18(3)4)32-27(31-25)30-23(6-2)16-34/h5,7-14,17-18,23,34H,1,6,15-16H2,2-4H3,(H2,28,30,31,32)/t23-/m1/s1. The van der Waals surface area contributed by atoms with E-state index in [1.54, 1.807) is 6.33 Å². The van der Waals surface area contributed by atoms with Gasteiger partial charge in [0.15, 0.2) is 17.0 Å². The summed E-state index contributed by atoms with van der Waals surface area (Å²) in [5.41, 5.74) is 6.08. The number of aromatic nitrogens is 4. The lowest BCUT2D eigenvalue weighted by Crippen LogP contribution is -2.24. The third-order valence-electron chi connectivity index (χ3n) is 5.92. The second-order valence-electron chi connectivity index (χ2n) is 8.62. The molecule has 0 saturated carbocycles. The Morgan fingerprint density at radius 2 is 1.71 bits per heavy atom. The van der Waals surface area contributed by atoms with Gasteiger partial charge in [-0.15, -0.1) is 0 Å². The van der Waals surface area contributed by atoms with Crippen molar-refractivity contribution >= 4 is 29.0 Å². The van der Waals surface area contributed by atoms with E-state index in [4.69, 9.17) is 0 Å². The Bertz CT molecular complexity index is 1240. The van der Waals surface area contributed by atoms with Crippen molar-refractivity contribution in [2.45, 2.75) is 45.8 Å². The van der Waals surface area contributed by atoms with Gasteiger partial charge in [0.1, 0.15) is 0 Å². The molecule has 0 aliphatic rings. The molecule has 176 valence electrons. The van der Waals surface area contributed by atoms with E-state index >= 15 is 0 Å². The Morgan fingerprint density at radius 1 is 1.03 bits per heavy atom. The summed E-state index contributed by atoms with van der Waals surface area (Å²) in [6.45, 7) is 10.6. The van der Waals surface area contributed by atoms with Gasteiger partial charge in [-0.2, -0.15) is 9.97 Å². The van der Waals surface area contributed by atoms with E-state index in [1.807, 2.05) is 17.6 Å². The van der Waals surface area contributed by atoms with Crippen LogP contribution in [0.4, 0.5) is 11.8 Å². The van der Waals surface area contributed by atoms with Gasteiger partial charge >= 0.3 is 0 Å². The van der Waals surface area contributed by atoms with Crippen LogP contribution in [0.1, 0.15) is 44.4 Å². The Kier molecular flexibility index (Phi) is 7.23. The largest absolute Gasteiger partial charge is 0.394 e. The van der Waals surface area contributed by atoms with E-state index in [1.165, 1.54) is 11.1 Å². The molecule has 0 spiro atoms. The first kappa shape index (κ1) is 23.4. The number of anilines is 2. The maximum atomic E-state index is 9.60. The highest BCUT2D eigenvalue weighted by Crippen LogP contribution is 2.25. The van der Waals surface area contributed by atoms with Crippen LogP contribution in [-0.4, -0.2) is 37.3 Å². The highest BCUT2D eigenvalue weighted by atomic mass is 16.3. The molecule has 0 aliphatic carbocycles. The molecule has 0 unspecified atom stereocenters. The SMILES string of the molecule is C=Cc1ccc(-c2ccc(CNc3nc(N[C@H](CC)CO)nc4c3ncn4C(C)C)cc2)cc1. The first-order valence-electron chi connectivity index (χ1n) is 11.7. The van der Waals surface area contributed by atoms with Gasteiger partial charge in [0, 0.05) is 12.6 Å². The van der Waals surface area contributed by atoms with E-state index in [2.05, 4.69) is 94.5 Å². The maximum Gasteiger partial charge on any atom is 0.227 e. The molecule has 1 atom stereocenters. The Balaban J connectivity index is 1.56. The van der Waals surface area contributed by atoms with Crippen molar-refractivity contribution in [3.63, 3.8) is 0 Å². The smallest absolute Gasteiger partial charge is 0.227 e.